The zero-order valence-electron chi connectivity index (χ0n) is 18.5. The summed E-state index contributed by atoms with van der Waals surface area (Å²) in [7, 11) is -0.643. The first-order valence-electron chi connectivity index (χ1n) is 10.3. The van der Waals surface area contributed by atoms with E-state index in [1.54, 1.807) is 34.9 Å². The lowest BCUT2D eigenvalue weighted by Crippen LogP contribution is -2.56. The van der Waals surface area contributed by atoms with Crippen LogP contribution >= 0.6 is 0 Å². The Bertz CT molecular complexity index is 1230. The third-order valence-corrected chi connectivity index (χ3v) is 7.47. The van der Waals surface area contributed by atoms with Gasteiger partial charge in [0.05, 0.1) is 18.8 Å². The van der Waals surface area contributed by atoms with E-state index in [0.717, 1.165) is 21.1 Å². The number of aryl methyl sites for hydroxylation is 2. The van der Waals surface area contributed by atoms with Gasteiger partial charge in [-0.15, -0.1) is 0 Å². The summed E-state index contributed by atoms with van der Waals surface area (Å²) in [5, 5.41) is 11.4. The quantitative estimate of drug-likeness (QED) is 0.603. The molecule has 2 aromatic heterocycles. The van der Waals surface area contributed by atoms with Crippen LogP contribution in [0, 0.1) is 13.8 Å². The molecule has 1 amide bonds. The second-order valence-electron chi connectivity index (χ2n) is 8.13. The molecule has 2 atom stereocenters. The summed E-state index contributed by atoms with van der Waals surface area (Å²) in [6, 6.07) is 8.41. The van der Waals surface area contributed by atoms with Crippen LogP contribution in [-0.2, 0) is 28.6 Å². The number of carbonyl (C=O) groups is 1. The molecule has 10 nitrogen and oxygen atoms in total. The van der Waals surface area contributed by atoms with Crippen molar-refractivity contribution in [2.75, 3.05) is 12.4 Å². The van der Waals surface area contributed by atoms with Crippen LogP contribution in [0.2, 0.25) is 0 Å². The van der Waals surface area contributed by atoms with E-state index in [9.17, 15) is 13.2 Å². The summed E-state index contributed by atoms with van der Waals surface area (Å²) in [4.78, 5) is 13.0. The van der Waals surface area contributed by atoms with E-state index in [1.807, 2.05) is 38.1 Å². The first-order chi connectivity index (χ1) is 15.1. The molecule has 0 saturated carbocycles. The third kappa shape index (κ3) is 4.45. The fraction of sp³-hybridized carbons (Fsp3) is 0.381. The Morgan fingerprint density at radius 2 is 1.91 bits per heavy atom. The molecule has 11 heteroatoms. The fourth-order valence-electron chi connectivity index (χ4n) is 3.78. The molecule has 2 N–H and O–H groups in total. The van der Waals surface area contributed by atoms with Gasteiger partial charge in [0.25, 0.3) is 10.2 Å². The minimum absolute atomic E-state index is 0.276. The normalized spacial score (nSPS) is 20.9. The number of anilines is 1. The van der Waals surface area contributed by atoms with E-state index in [4.69, 9.17) is 0 Å². The third-order valence-electron chi connectivity index (χ3n) is 5.88. The molecule has 0 unspecified atom stereocenters. The van der Waals surface area contributed by atoms with E-state index in [2.05, 4.69) is 20.2 Å². The van der Waals surface area contributed by atoms with Crippen LogP contribution < -0.4 is 10.0 Å². The van der Waals surface area contributed by atoms with Gasteiger partial charge >= 0.3 is 0 Å². The average Bonchev–Trinajstić information content (AvgIpc) is 3.32. The fourth-order valence-corrected chi connectivity index (χ4v) is 5.04. The molecule has 1 aromatic carbocycles. The Morgan fingerprint density at radius 1 is 1.19 bits per heavy atom. The number of aromatic nitrogens is 4. The topological polar surface area (TPSA) is 114 Å². The predicted octanol–water partition coefficient (Wildman–Crippen LogP) is 1.50. The van der Waals surface area contributed by atoms with E-state index < -0.39 is 28.2 Å². The largest absolute Gasteiger partial charge is 0.308 e. The van der Waals surface area contributed by atoms with Crippen LogP contribution in [0.3, 0.4) is 0 Å². The van der Waals surface area contributed by atoms with Gasteiger partial charge in [-0.25, -0.2) is 0 Å². The minimum Gasteiger partial charge on any atom is -0.308 e. The van der Waals surface area contributed by atoms with Gasteiger partial charge in [-0.05, 0) is 25.8 Å². The molecule has 3 heterocycles. The van der Waals surface area contributed by atoms with E-state index in [-0.39, 0.29) is 6.42 Å². The zero-order valence-corrected chi connectivity index (χ0v) is 19.3. The van der Waals surface area contributed by atoms with Gasteiger partial charge in [0.15, 0.2) is 5.82 Å². The maximum Gasteiger partial charge on any atom is 0.280 e. The summed E-state index contributed by atoms with van der Waals surface area (Å²) in [5.74, 6) is -0.0507. The summed E-state index contributed by atoms with van der Waals surface area (Å²) < 4.78 is 32.5. The predicted molar refractivity (Wildman–Crippen MR) is 120 cm³/mol. The number of hydrogen-bond donors (Lipinski definition) is 2. The number of likely N-dealkylation sites (N-methyl/N-ethyl adjacent to an activating group) is 1. The molecule has 1 aliphatic rings. The van der Waals surface area contributed by atoms with Gasteiger partial charge < -0.3 is 5.32 Å². The highest BCUT2D eigenvalue weighted by Crippen LogP contribution is 2.29. The number of rotatable bonds is 5. The van der Waals surface area contributed by atoms with E-state index in [1.165, 1.54) is 12.6 Å². The summed E-state index contributed by atoms with van der Waals surface area (Å²) in [5.41, 5.74) is 3.87. The first kappa shape index (κ1) is 22.2. The number of nitrogens with one attached hydrogen (secondary N) is 2. The molecule has 0 bridgehead atoms. The van der Waals surface area contributed by atoms with Gasteiger partial charge in [0.2, 0.25) is 5.91 Å². The molecular weight excluding hydrogens is 430 g/mol. The van der Waals surface area contributed by atoms with Gasteiger partial charge in [-0.2, -0.15) is 27.6 Å². The van der Waals surface area contributed by atoms with Crippen LogP contribution in [0.1, 0.15) is 34.8 Å². The van der Waals surface area contributed by atoms with Crippen molar-refractivity contribution >= 4 is 21.9 Å². The van der Waals surface area contributed by atoms with Crippen LogP contribution in [0.4, 0.5) is 5.82 Å². The highest BCUT2D eigenvalue weighted by atomic mass is 32.2. The highest BCUT2D eigenvalue weighted by Gasteiger charge is 2.41. The summed E-state index contributed by atoms with van der Waals surface area (Å²) in [6.45, 7) is 4.47. The number of nitrogens with zero attached hydrogens (tertiary/aromatic N) is 5. The van der Waals surface area contributed by atoms with Gasteiger partial charge in [0, 0.05) is 37.6 Å². The van der Waals surface area contributed by atoms with Crippen molar-refractivity contribution in [2.24, 2.45) is 7.05 Å². The Kier molecular flexibility index (Phi) is 5.89. The zero-order chi connectivity index (χ0) is 23.0. The maximum absolute atomic E-state index is 13.0. The molecule has 32 heavy (non-hydrogen) atoms. The van der Waals surface area contributed by atoms with Crippen molar-refractivity contribution in [3.8, 4) is 0 Å². The molecule has 170 valence electrons. The van der Waals surface area contributed by atoms with Crippen molar-refractivity contribution < 1.29 is 13.2 Å². The Hall–Kier alpha value is -3.02. The van der Waals surface area contributed by atoms with Gasteiger partial charge in [0.1, 0.15) is 6.04 Å². The Balaban J connectivity index is 1.48. The molecule has 1 aliphatic heterocycles. The molecule has 0 aliphatic carbocycles. The van der Waals surface area contributed by atoms with Crippen LogP contribution in [-0.4, -0.2) is 51.3 Å². The van der Waals surface area contributed by atoms with Gasteiger partial charge in [-0.3, -0.25) is 14.2 Å². The number of carbonyl (C=O) groups excluding carboxylic acids is 1. The van der Waals surface area contributed by atoms with Crippen molar-refractivity contribution in [2.45, 2.75) is 38.9 Å². The molecule has 1 saturated heterocycles. The second-order valence-corrected chi connectivity index (χ2v) is 9.89. The Labute approximate surface area is 187 Å². The average molecular weight is 458 g/mol. The standard InChI is InChI=1S/C21H27N7O3S/c1-14-5-7-16(8-6-14)13-28-10-9-20(24-28)23-21(29)19-11-18(25-32(30,31)27(19)4)17-12-22-26(3)15(17)2/h5-10,12,18-19,25H,11,13H2,1-4H3,(H,23,24,29)/t18-,19-/m1/s1. The molecule has 3 aromatic rings. The summed E-state index contributed by atoms with van der Waals surface area (Å²) in [6.07, 6.45) is 3.69. The first-order valence-corrected chi connectivity index (χ1v) is 11.7. The lowest BCUT2D eigenvalue weighted by atomic mass is 10.00. The number of hydrogen-bond acceptors (Lipinski definition) is 5. The smallest absolute Gasteiger partial charge is 0.280 e. The second kappa shape index (κ2) is 8.49. The lowest BCUT2D eigenvalue weighted by molar-refractivity contribution is -0.120. The van der Waals surface area contributed by atoms with Crippen molar-refractivity contribution in [3.05, 3.63) is 65.1 Å². The van der Waals surface area contributed by atoms with Crippen molar-refractivity contribution in [3.63, 3.8) is 0 Å². The van der Waals surface area contributed by atoms with Crippen molar-refractivity contribution in [1.29, 1.82) is 0 Å². The molecule has 0 spiro atoms. The SMILES string of the molecule is Cc1ccc(Cn2ccc(NC(=O)[C@H]3C[C@H](c4cnn(C)c4C)NS(=O)(=O)N3C)n2)cc1. The molecule has 4 rings (SSSR count). The maximum atomic E-state index is 13.0. The van der Waals surface area contributed by atoms with Crippen molar-refractivity contribution in [1.82, 2.24) is 28.6 Å². The molecular formula is C21H27N7O3S. The number of amides is 1. The van der Waals surface area contributed by atoms with Crippen LogP contribution in [0.15, 0.2) is 42.7 Å². The van der Waals surface area contributed by atoms with Gasteiger partial charge in [-0.1, -0.05) is 29.8 Å². The monoisotopic (exact) mass is 457 g/mol. The van der Waals surface area contributed by atoms with Crippen LogP contribution in [0.25, 0.3) is 0 Å². The molecule has 1 fully saturated rings. The minimum atomic E-state index is -3.83. The Morgan fingerprint density at radius 3 is 2.56 bits per heavy atom. The number of benzene rings is 1. The molecule has 0 radical (unpaired) electrons. The lowest BCUT2D eigenvalue weighted by Gasteiger charge is -2.35. The van der Waals surface area contributed by atoms with E-state index >= 15 is 0 Å². The van der Waals surface area contributed by atoms with Crippen LogP contribution in [0.5, 0.6) is 0 Å². The van der Waals surface area contributed by atoms with E-state index in [0.29, 0.717) is 12.4 Å². The summed E-state index contributed by atoms with van der Waals surface area (Å²) >= 11 is 0. The highest BCUT2D eigenvalue weighted by molar-refractivity contribution is 7.87.